The molecule has 2 heterocycles. The minimum Gasteiger partial charge on any atom is -0.389 e. The van der Waals surface area contributed by atoms with Crippen molar-refractivity contribution in [1.29, 1.82) is 0 Å². The number of nitrogens with zero attached hydrogens (tertiary/aromatic N) is 1. The van der Waals surface area contributed by atoms with Gasteiger partial charge in [-0.05, 0) is 26.0 Å². The van der Waals surface area contributed by atoms with Gasteiger partial charge in [-0.3, -0.25) is 4.90 Å². The summed E-state index contributed by atoms with van der Waals surface area (Å²) in [5, 5.41) is 18.9. The number of hydrogen-bond donors (Lipinski definition) is 2. The second-order valence-corrected chi connectivity index (χ2v) is 6.52. The lowest BCUT2D eigenvalue weighted by Gasteiger charge is -2.12. The number of hydrogen-bond acceptors (Lipinski definition) is 4. The molecular formula is C14H18FNO2S. The number of β-amino-alcohol motifs (C(OH)–C–C–N with tert-alkyl or cyclic N) is 1. The molecule has 0 spiro atoms. The standard InChI is InChI=1S/C14H18FNO2S/c1-14(2,18)6-5-10-3-4-11(19-10)7-16-8-12(15)13(17)9-16/h3-4,12-13,17-18H,7-9H2,1-2H3/t12-,13-/m1/s1. The fourth-order valence-corrected chi connectivity index (χ4v) is 2.82. The highest BCUT2D eigenvalue weighted by atomic mass is 32.1. The number of likely N-dealkylation sites (tertiary alicyclic amines) is 1. The van der Waals surface area contributed by atoms with E-state index in [9.17, 15) is 14.6 Å². The first kappa shape index (κ1) is 14.5. The van der Waals surface area contributed by atoms with Crippen LogP contribution in [0.5, 0.6) is 0 Å². The highest BCUT2D eigenvalue weighted by molar-refractivity contribution is 7.12. The Labute approximate surface area is 116 Å². The number of alkyl halides is 1. The molecule has 1 fully saturated rings. The van der Waals surface area contributed by atoms with Crippen molar-refractivity contribution in [2.24, 2.45) is 0 Å². The van der Waals surface area contributed by atoms with Crippen LogP contribution in [-0.4, -0.2) is 46.1 Å². The van der Waals surface area contributed by atoms with E-state index in [1.807, 2.05) is 17.0 Å². The van der Waals surface area contributed by atoms with Gasteiger partial charge in [-0.1, -0.05) is 11.8 Å². The van der Waals surface area contributed by atoms with Crippen molar-refractivity contribution in [2.45, 2.75) is 38.3 Å². The molecule has 0 unspecified atom stereocenters. The van der Waals surface area contributed by atoms with Gasteiger partial charge in [0.05, 0.1) is 11.0 Å². The fourth-order valence-electron chi connectivity index (χ4n) is 1.92. The van der Waals surface area contributed by atoms with Crippen LogP contribution >= 0.6 is 11.3 Å². The minimum absolute atomic E-state index is 0.281. The molecule has 2 atom stereocenters. The van der Waals surface area contributed by atoms with Crippen molar-refractivity contribution in [1.82, 2.24) is 4.90 Å². The quantitative estimate of drug-likeness (QED) is 0.806. The van der Waals surface area contributed by atoms with Crippen molar-refractivity contribution >= 4 is 11.3 Å². The van der Waals surface area contributed by atoms with E-state index in [-0.39, 0.29) is 6.54 Å². The SMILES string of the molecule is CC(C)(O)C#Cc1ccc(CN2C[C@@H](O)[C@H](F)C2)s1. The Morgan fingerprint density at radius 1 is 1.47 bits per heavy atom. The molecule has 1 aromatic rings. The van der Waals surface area contributed by atoms with E-state index >= 15 is 0 Å². The summed E-state index contributed by atoms with van der Waals surface area (Å²) in [6.45, 7) is 4.57. The van der Waals surface area contributed by atoms with Crippen LogP contribution in [0.15, 0.2) is 12.1 Å². The predicted octanol–water partition coefficient (Wildman–Crippen LogP) is 1.39. The maximum atomic E-state index is 13.2. The Morgan fingerprint density at radius 3 is 2.79 bits per heavy atom. The van der Waals surface area contributed by atoms with Crippen LogP contribution in [0.2, 0.25) is 0 Å². The highest BCUT2D eigenvalue weighted by Crippen LogP contribution is 2.21. The Hall–Kier alpha value is -0.930. The molecule has 0 saturated carbocycles. The maximum Gasteiger partial charge on any atom is 0.140 e. The van der Waals surface area contributed by atoms with Crippen LogP contribution in [0.1, 0.15) is 23.6 Å². The molecule has 2 N–H and O–H groups in total. The first-order valence-electron chi connectivity index (χ1n) is 6.22. The second-order valence-electron chi connectivity index (χ2n) is 5.35. The lowest BCUT2D eigenvalue weighted by Crippen LogP contribution is -2.20. The molecule has 5 heteroatoms. The second kappa shape index (κ2) is 5.59. The van der Waals surface area contributed by atoms with E-state index in [0.29, 0.717) is 13.1 Å². The van der Waals surface area contributed by atoms with Gasteiger partial charge in [0, 0.05) is 24.5 Å². The zero-order chi connectivity index (χ0) is 14.0. The van der Waals surface area contributed by atoms with Gasteiger partial charge in [-0.2, -0.15) is 0 Å². The number of aliphatic hydroxyl groups is 2. The molecule has 0 aliphatic carbocycles. The summed E-state index contributed by atoms with van der Waals surface area (Å²) in [4.78, 5) is 3.86. The number of rotatable bonds is 2. The molecule has 104 valence electrons. The van der Waals surface area contributed by atoms with Crippen LogP contribution in [0.4, 0.5) is 4.39 Å². The van der Waals surface area contributed by atoms with Crippen molar-refractivity contribution in [3.8, 4) is 11.8 Å². The van der Waals surface area contributed by atoms with E-state index < -0.39 is 17.9 Å². The molecule has 1 aliphatic rings. The largest absolute Gasteiger partial charge is 0.389 e. The summed E-state index contributed by atoms with van der Waals surface area (Å²) in [7, 11) is 0. The Balaban J connectivity index is 1.96. The third-order valence-corrected chi connectivity index (χ3v) is 3.81. The zero-order valence-corrected chi connectivity index (χ0v) is 11.9. The van der Waals surface area contributed by atoms with Crippen molar-refractivity contribution in [3.05, 3.63) is 21.9 Å². The molecule has 19 heavy (non-hydrogen) atoms. The van der Waals surface area contributed by atoms with E-state index in [0.717, 1.165) is 9.75 Å². The van der Waals surface area contributed by atoms with Gasteiger partial charge in [0.15, 0.2) is 0 Å². The molecule has 0 amide bonds. The van der Waals surface area contributed by atoms with Gasteiger partial charge >= 0.3 is 0 Å². The molecule has 3 nitrogen and oxygen atoms in total. The zero-order valence-electron chi connectivity index (χ0n) is 11.1. The first-order valence-corrected chi connectivity index (χ1v) is 7.04. The topological polar surface area (TPSA) is 43.7 Å². The van der Waals surface area contributed by atoms with E-state index in [4.69, 9.17) is 0 Å². The first-order chi connectivity index (χ1) is 8.83. The van der Waals surface area contributed by atoms with E-state index in [2.05, 4.69) is 11.8 Å². The molecule has 0 radical (unpaired) electrons. The molecule has 0 bridgehead atoms. The van der Waals surface area contributed by atoms with Gasteiger partial charge < -0.3 is 10.2 Å². The lowest BCUT2D eigenvalue weighted by atomic mass is 10.1. The normalized spacial score (nSPS) is 24.3. The molecule has 0 aromatic carbocycles. The summed E-state index contributed by atoms with van der Waals surface area (Å²) in [5.74, 6) is 5.69. The summed E-state index contributed by atoms with van der Waals surface area (Å²) in [5.41, 5.74) is -0.995. The van der Waals surface area contributed by atoms with Crippen molar-refractivity contribution < 1.29 is 14.6 Å². The molecule has 1 aliphatic heterocycles. The van der Waals surface area contributed by atoms with Crippen LogP contribution in [0.25, 0.3) is 0 Å². The molecule has 2 rings (SSSR count). The van der Waals surface area contributed by atoms with Gasteiger partial charge in [0.2, 0.25) is 0 Å². The average Bonchev–Trinajstić information content (AvgIpc) is 2.84. The molecule has 1 saturated heterocycles. The summed E-state index contributed by atoms with van der Waals surface area (Å²) in [6.07, 6.45) is -2.01. The van der Waals surface area contributed by atoms with Crippen LogP contribution in [-0.2, 0) is 6.54 Å². The summed E-state index contributed by atoms with van der Waals surface area (Å²) < 4.78 is 13.2. The van der Waals surface area contributed by atoms with Gasteiger partial charge in [0.1, 0.15) is 11.8 Å². The van der Waals surface area contributed by atoms with Crippen molar-refractivity contribution in [2.75, 3.05) is 13.1 Å². The molecular weight excluding hydrogens is 265 g/mol. The lowest BCUT2D eigenvalue weighted by molar-refractivity contribution is 0.115. The van der Waals surface area contributed by atoms with Gasteiger partial charge in [-0.15, -0.1) is 11.3 Å². The number of thiophene rings is 1. The Bertz CT molecular complexity index is 488. The predicted molar refractivity (Wildman–Crippen MR) is 73.7 cm³/mol. The van der Waals surface area contributed by atoms with Gasteiger partial charge in [-0.25, -0.2) is 4.39 Å². The third-order valence-electron chi connectivity index (χ3n) is 2.83. The monoisotopic (exact) mass is 283 g/mol. The van der Waals surface area contributed by atoms with Crippen LogP contribution in [0, 0.1) is 11.8 Å². The average molecular weight is 283 g/mol. The summed E-state index contributed by atoms with van der Waals surface area (Å²) >= 11 is 1.53. The Kier molecular flexibility index (Phi) is 4.26. The van der Waals surface area contributed by atoms with Crippen LogP contribution in [0.3, 0.4) is 0 Å². The maximum absolute atomic E-state index is 13.2. The third kappa shape index (κ3) is 4.29. The number of halogens is 1. The fraction of sp³-hybridized carbons (Fsp3) is 0.571. The molecule has 1 aromatic heterocycles. The summed E-state index contributed by atoms with van der Waals surface area (Å²) in [6, 6.07) is 3.86. The number of aliphatic hydroxyl groups excluding tert-OH is 1. The van der Waals surface area contributed by atoms with Crippen LogP contribution < -0.4 is 0 Å². The van der Waals surface area contributed by atoms with E-state index in [1.54, 1.807) is 13.8 Å². The van der Waals surface area contributed by atoms with Crippen molar-refractivity contribution in [3.63, 3.8) is 0 Å². The van der Waals surface area contributed by atoms with Gasteiger partial charge in [0.25, 0.3) is 0 Å². The smallest absolute Gasteiger partial charge is 0.140 e. The Morgan fingerprint density at radius 2 is 2.21 bits per heavy atom. The highest BCUT2D eigenvalue weighted by Gasteiger charge is 2.31. The van der Waals surface area contributed by atoms with E-state index in [1.165, 1.54) is 11.3 Å². The minimum atomic E-state index is -1.14.